The van der Waals surface area contributed by atoms with Crippen LogP contribution in [0.3, 0.4) is 0 Å². The summed E-state index contributed by atoms with van der Waals surface area (Å²) in [5.74, 6) is 2.61. The highest BCUT2D eigenvalue weighted by Gasteiger charge is 2.06. The Morgan fingerprint density at radius 2 is 1.50 bits per heavy atom. The second-order valence-electron chi connectivity index (χ2n) is 6.20. The molecule has 0 aliphatic carbocycles. The van der Waals surface area contributed by atoms with E-state index in [4.69, 9.17) is 6.42 Å². The molecule has 0 aromatic carbocycles. The van der Waals surface area contributed by atoms with Crippen molar-refractivity contribution in [3.05, 3.63) is 9.47 Å². The van der Waals surface area contributed by atoms with Crippen LogP contribution in [0.4, 0.5) is 0 Å². The van der Waals surface area contributed by atoms with Crippen molar-refractivity contribution in [2.24, 2.45) is 10.8 Å². The van der Waals surface area contributed by atoms with Crippen molar-refractivity contribution >= 4 is 31.9 Å². The minimum absolute atomic E-state index is 0.314. The number of hydrogen-bond acceptors (Lipinski definition) is 0. The van der Waals surface area contributed by atoms with E-state index in [1.807, 2.05) is 0 Å². The van der Waals surface area contributed by atoms with Gasteiger partial charge in [-0.3, -0.25) is 0 Å². The number of allylic oxidation sites excluding steroid dienone is 1. The van der Waals surface area contributed by atoms with Gasteiger partial charge in [0, 0.05) is 6.42 Å². The van der Waals surface area contributed by atoms with Gasteiger partial charge in [-0.2, -0.15) is 0 Å². The van der Waals surface area contributed by atoms with E-state index in [1.54, 1.807) is 0 Å². The second-order valence-corrected chi connectivity index (χ2v) is 8.97. The minimum atomic E-state index is 0.314. The van der Waals surface area contributed by atoms with Crippen LogP contribution >= 0.6 is 31.9 Å². The molecule has 2 heteroatoms. The van der Waals surface area contributed by atoms with Crippen LogP contribution in [0.1, 0.15) is 54.4 Å². The Hall–Kier alpha value is 0.260. The van der Waals surface area contributed by atoms with Crippen LogP contribution in [-0.4, -0.2) is 0 Å². The molecular weight excluding hydrogens is 328 g/mol. The summed E-state index contributed by atoms with van der Waals surface area (Å²) in [6.07, 6.45) is 9.15. The van der Waals surface area contributed by atoms with Gasteiger partial charge in [-0.1, -0.05) is 47.6 Å². The number of rotatable bonds is 1. The maximum Gasteiger partial charge on any atom is 0.0564 e. The normalized spacial score (nSPS) is 10.9. The zero-order valence-electron chi connectivity index (χ0n) is 11.3. The Bertz CT molecular complexity index is 239. The van der Waals surface area contributed by atoms with Crippen molar-refractivity contribution in [1.29, 1.82) is 0 Å². The molecule has 0 aromatic rings. The third-order valence-electron chi connectivity index (χ3n) is 1.50. The molecule has 16 heavy (non-hydrogen) atoms. The molecule has 0 saturated carbocycles. The van der Waals surface area contributed by atoms with Gasteiger partial charge in [0.25, 0.3) is 0 Å². The van der Waals surface area contributed by atoms with Gasteiger partial charge >= 0.3 is 0 Å². The van der Waals surface area contributed by atoms with E-state index in [2.05, 4.69) is 85.4 Å². The molecule has 0 nitrogen and oxygen atoms in total. The Morgan fingerprint density at radius 3 is 1.56 bits per heavy atom. The highest BCUT2D eigenvalue weighted by atomic mass is 79.9. The van der Waals surface area contributed by atoms with E-state index in [0.717, 1.165) is 16.2 Å². The smallest absolute Gasteiger partial charge is 0.0564 e. The zero-order valence-corrected chi connectivity index (χ0v) is 14.5. The molecule has 0 atom stereocenters. The van der Waals surface area contributed by atoms with E-state index in [9.17, 15) is 0 Å². The fourth-order valence-electron chi connectivity index (χ4n) is 0.690. The van der Waals surface area contributed by atoms with Crippen LogP contribution in [0.25, 0.3) is 0 Å². The van der Waals surface area contributed by atoms with E-state index >= 15 is 0 Å². The van der Waals surface area contributed by atoms with Crippen molar-refractivity contribution < 1.29 is 0 Å². The summed E-state index contributed by atoms with van der Waals surface area (Å²) >= 11 is 6.61. The fraction of sp³-hybridized carbons (Fsp3) is 0.714. The van der Waals surface area contributed by atoms with Crippen LogP contribution in [0.15, 0.2) is 9.47 Å². The lowest BCUT2D eigenvalue weighted by atomic mass is 9.93. The third kappa shape index (κ3) is 23.8. The first-order chi connectivity index (χ1) is 6.98. The van der Waals surface area contributed by atoms with Crippen LogP contribution in [0.2, 0.25) is 0 Å². The molecule has 0 aromatic heterocycles. The summed E-state index contributed by atoms with van der Waals surface area (Å²) in [6.45, 7) is 13.0. The SMILES string of the molecule is C#CCC(C)(C)C.CC(C)(C)CC=C(Br)Br. The van der Waals surface area contributed by atoms with Crippen LogP contribution < -0.4 is 0 Å². The van der Waals surface area contributed by atoms with E-state index in [1.165, 1.54) is 0 Å². The first-order valence-electron chi connectivity index (χ1n) is 5.42. The van der Waals surface area contributed by atoms with Gasteiger partial charge in [-0.25, -0.2) is 0 Å². The summed E-state index contributed by atoms with van der Waals surface area (Å²) in [4.78, 5) is 0. The summed E-state index contributed by atoms with van der Waals surface area (Å²) in [5.41, 5.74) is 0.710. The van der Waals surface area contributed by atoms with Crippen molar-refractivity contribution in [2.45, 2.75) is 54.4 Å². The summed E-state index contributed by atoms with van der Waals surface area (Å²) in [6, 6.07) is 0. The van der Waals surface area contributed by atoms with Crippen LogP contribution in [-0.2, 0) is 0 Å². The Morgan fingerprint density at radius 1 is 1.06 bits per heavy atom. The largest absolute Gasteiger partial charge is 0.120 e. The monoisotopic (exact) mass is 350 g/mol. The molecule has 0 heterocycles. The van der Waals surface area contributed by atoms with Gasteiger partial charge in [0.2, 0.25) is 0 Å². The standard InChI is InChI=1S/C7H12Br2.C7H12/c1-7(2,3)5-4-6(8)9;1-5-6-7(2,3)4/h4H,5H2,1-3H3;1H,6H2,2-4H3. The van der Waals surface area contributed by atoms with Crippen LogP contribution in [0, 0.1) is 23.2 Å². The van der Waals surface area contributed by atoms with Crippen molar-refractivity contribution in [2.75, 3.05) is 0 Å². The summed E-state index contributed by atoms with van der Waals surface area (Å²) in [7, 11) is 0. The highest BCUT2D eigenvalue weighted by molar-refractivity contribution is 9.28. The summed E-state index contributed by atoms with van der Waals surface area (Å²) < 4.78 is 1.05. The van der Waals surface area contributed by atoms with Gasteiger partial charge in [0.15, 0.2) is 0 Å². The third-order valence-corrected chi connectivity index (χ3v) is 2.15. The van der Waals surface area contributed by atoms with Crippen molar-refractivity contribution in [3.8, 4) is 12.3 Å². The second kappa shape index (κ2) is 8.37. The molecule has 0 aliphatic rings. The lowest BCUT2D eigenvalue weighted by Gasteiger charge is -2.14. The Balaban J connectivity index is 0. The number of hydrogen-bond donors (Lipinski definition) is 0. The van der Waals surface area contributed by atoms with Crippen molar-refractivity contribution in [1.82, 2.24) is 0 Å². The van der Waals surface area contributed by atoms with Gasteiger partial charge < -0.3 is 0 Å². The fourth-order valence-corrected chi connectivity index (χ4v) is 1.01. The first kappa shape index (κ1) is 18.6. The molecule has 94 valence electrons. The average Bonchev–Trinajstić information content (AvgIpc) is 1.98. The average molecular weight is 352 g/mol. The molecule has 0 spiro atoms. The maximum atomic E-state index is 5.06. The van der Waals surface area contributed by atoms with E-state index < -0.39 is 0 Å². The predicted octanol–water partition coefficient (Wildman–Crippen LogP) is 6.11. The summed E-state index contributed by atoms with van der Waals surface area (Å²) in [5, 5.41) is 0. The van der Waals surface area contributed by atoms with Gasteiger partial charge in [0.1, 0.15) is 0 Å². The molecule has 0 saturated heterocycles. The molecule has 0 N–H and O–H groups in total. The highest BCUT2D eigenvalue weighted by Crippen LogP contribution is 2.23. The van der Waals surface area contributed by atoms with Gasteiger partial charge in [0.05, 0.1) is 3.39 Å². The van der Waals surface area contributed by atoms with Gasteiger partial charge in [-0.15, -0.1) is 12.3 Å². The molecular formula is C14H24Br2. The minimum Gasteiger partial charge on any atom is -0.120 e. The first-order valence-corrected chi connectivity index (χ1v) is 7.01. The van der Waals surface area contributed by atoms with Gasteiger partial charge in [-0.05, 0) is 49.1 Å². The molecule has 0 amide bonds. The van der Waals surface area contributed by atoms with E-state index in [0.29, 0.717) is 10.8 Å². The number of terminal acetylenes is 1. The molecule has 0 bridgehead atoms. The zero-order chi connectivity index (χ0) is 13.4. The molecule has 0 rings (SSSR count). The quantitative estimate of drug-likeness (QED) is 0.500. The molecule has 0 unspecified atom stereocenters. The topological polar surface area (TPSA) is 0 Å². The number of halogens is 2. The molecule has 0 fully saturated rings. The lowest BCUT2D eigenvalue weighted by Crippen LogP contribution is -2.01. The molecule has 0 aliphatic heterocycles. The predicted molar refractivity (Wildman–Crippen MR) is 82.9 cm³/mol. The lowest BCUT2D eigenvalue weighted by molar-refractivity contribution is 0.421. The Labute approximate surface area is 119 Å². The van der Waals surface area contributed by atoms with Crippen molar-refractivity contribution in [3.63, 3.8) is 0 Å². The Kier molecular flexibility index (Phi) is 9.74. The van der Waals surface area contributed by atoms with Crippen LogP contribution in [0.5, 0.6) is 0 Å². The van der Waals surface area contributed by atoms with E-state index in [-0.39, 0.29) is 0 Å². The molecule has 0 radical (unpaired) electrons. The maximum absolute atomic E-state index is 5.06.